The van der Waals surface area contributed by atoms with Gasteiger partial charge in [0, 0.05) is 124 Å². The minimum atomic E-state index is 0.379. The summed E-state index contributed by atoms with van der Waals surface area (Å²) in [6.45, 7) is 0. The number of thiophene rings is 4. The molecule has 21 aromatic rings. The van der Waals surface area contributed by atoms with Gasteiger partial charge in [-0.1, -0.05) is 170 Å². The predicted molar refractivity (Wildman–Crippen MR) is 385 cm³/mol. The summed E-state index contributed by atoms with van der Waals surface area (Å²) in [5.41, 5.74) is 11.1. The molecule has 13 aromatic carbocycles. The zero-order chi connectivity index (χ0) is 58.8. The summed E-state index contributed by atoms with van der Waals surface area (Å²) in [5.74, 6) is 0. The number of aromatic nitrogens is 4. The molecule has 90 heavy (non-hydrogen) atoms. The SMILES string of the molecule is N#Cc1c(-n2c3ccccc3c3ccc4sc5ccccc5c4c32)c(C#N)c(-n2c3ccccc3c3ccc4sc5ccccc5c4c32)c(-n2c3ccccc3c3ccc4sc5ccccc5c4c32)c1-n1c2ccccc2c2ccc3sc4ccccc4c3c21. The Hall–Kier alpha value is -11.1. The molecule has 0 saturated heterocycles. The lowest BCUT2D eigenvalue weighted by atomic mass is 9.98. The third-order valence-corrected chi connectivity index (χ3v) is 23.8. The van der Waals surface area contributed by atoms with Gasteiger partial charge in [0.05, 0.1) is 66.9 Å². The van der Waals surface area contributed by atoms with Crippen molar-refractivity contribution in [3.8, 4) is 34.9 Å². The first kappa shape index (κ1) is 49.0. The van der Waals surface area contributed by atoms with E-state index in [1.54, 1.807) is 45.3 Å². The lowest BCUT2D eigenvalue weighted by Crippen LogP contribution is -2.17. The number of hydrogen-bond acceptors (Lipinski definition) is 6. The molecule has 0 atom stereocenters. The zero-order valence-corrected chi connectivity index (χ0v) is 50.7. The molecule has 21 rings (SSSR count). The second-order valence-corrected chi connectivity index (χ2v) is 27.8. The van der Waals surface area contributed by atoms with Crippen LogP contribution in [0.1, 0.15) is 11.1 Å². The third-order valence-electron chi connectivity index (χ3n) is 19.2. The maximum absolute atomic E-state index is 13.3. The van der Waals surface area contributed by atoms with Gasteiger partial charge in [0.15, 0.2) is 0 Å². The summed E-state index contributed by atoms with van der Waals surface area (Å²) < 4.78 is 19.0. The highest BCUT2D eigenvalue weighted by molar-refractivity contribution is 7.27. The van der Waals surface area contributed by atoms with Crippen LogP contribution in [0, 0.1) is 22.7 Å². The molecule has 6 nitrogen and oxygen atoms in total. The van der Waals surface area contributed by atoms with Crippen molar-refractivity contribution >= 4 is 213 Å². The van der Waals surface area contributed by atoms with Crippen molar-refractivity contribution in [1.82, 2.24) is 18.3 Å². The Morgan fingerprint density at radius 1 is 0.211 bits per heavy atom. The van der Waals surface area contributed by atoms with Crippen molar-refractivity contribution in [2.75, 3.05) is 0 Å². The molecule has 0 N–H and O–H groups in total. The van der Waals surface area contributed by atoms with Crippen LogP contribution in [-0.2, 0) is 0 Å². The van der Waals surface area contributed by atoms with E-state index in [4.69, 9.17) is 0 Å². The summed E-state index contributed by atoms with van der Waals surface area (Å²) in [4.78, 5) is 0. The van der Waals surface area contributed by atoms with Gasteiger partial charge in [-0.2, -0.15) is 10.5 Å². The van der Waals surface area contributed by atoms with Gasteiger partial charge >= 0.3 is 0 Å². The van der Waals surface area contributed by atoms with Crippen molar-refractivity contribution in [2.24, 2.45) is 0 Å². The number of nitrogens with zero attached hydrogens (tertiary/aromatic N) is 6. The van der Waals surface area contributed by atoms with Crippen molar-refractivity contribution in [1.29, 1.82) is 10.5 Å². The first-order valence-corrected chi connectivity index (χ1v) is 33.3. The molecule has 10 heteroatoms. The van der Waals surface area contributed by atoms with E-state index in [1.807, 2.05) is 0 Å². The lowest BCUT2D eigenvalue weighted by Gasteiger charge is -2.27. The molecular formula is C80H40N6S4. The first-order chi connectivity index (χ1) is 44.6. The maximum Gasteiger partial charge on any atom is 0.104 e. The highest BCUT2D eigenvalue weighted by atomic mass is 32.1. The fourth-order valence-electron chi connectivity index (χ4n) is 15.8. The van der Waals surface area contributed by atoms with Crippen LogP contribution in [0.15, 0.2) is 243 Å². The van der Waals surface area contributed by atoms with E-state index >= 15 is 0 Å². The van der Waals surface area contributed by atoms with E-state index < -0.39 is 0 Å². The molecule has 0 saturated carbocycles. The summed E-state index contributed by atoms with van der Waals surface area (Å²) in [5, 5.41) is 44.2. The fourth-order valence-corrected chi connectivity index (χ4v) is 20.2. The van der Waals surface area contributed by atoms with Gasteiger partial charge in [0.2, 0.25) is 0 Å². The molecule has 0 aliphatic heterocycles. The number of rotatable bonds is 4. The van der Waals surface area contributed by atoms with Crippen LogP contribution in [0.2, 0.25) is 0 Å². The van der Waals surface area contributed by atoms with Crippen LogP contribution in [0.25, 0.3) is 191 Å². The van der Waals surface area contributed by atoms with Crippen LogP contribution >= 0.6 is 45.3 Å². The van der Waals surface area contributed by atoms with Crippen LogP contribution in [0.4, 0.5) is 0 Å². The molecule has 0 unspecified atom stereocenters. The Balaban J connectivity index is 1.13. The van der Waals surface area contributed by atoms with E-state index in [1.165, 1.54) is 18.8 Å². The van der Waals surface area contributed by atoms with Crippen molar-refractivity contribution in [3.05, 3.63) is 254 Å². The van der Waals surface area contributed by atoms with E-state index in [2.05, 4.69) is 273 Å². The standard InChI is InChI=1S/C80H40N6S4/c81-41-55-73(83-57-25-9-1-17-43(57)47-33-37-65-69(74(47)83)51-21-5-13-29-61(51)87-65)56(42-82)79(85-59-27-11-3-19-45(59)49-35-39-67-71(76(49)85)53-23-7-15-31-63(53)89-67)80(86-60-28-12-4-20-46(60)50-36-40-68-72(77(50)86)54-24-8-16-32-64(54)90-68)78(55)84-58-26-10-2-18-44(58)48-34-38-66-70(75(48)84)52-22-6-14-30-62(52)88-66/h1-40H. The molecule has 0 spiro atoms. The van der Waals surface area contributed by atoms with Crippen LogP contribution in [-0.4, -0.2) is 18.3 Å². The molecule has 0 fully saturated rings. The predicted octanol–water partition coefficient (Wildman–Crippen LogP) is 23.3. The Kier molecular flexibility index (Phi) is 9.69. The monoisotopic (exact) mass is 1210 g/mol. The van der Waals surface area contributed by atoms with Gasteiger partial charge < -0.3 is 18.3 Å². The van der Waals surface area contributed by atoms with Crippen LogP contribution in [0.5, 0.6) is 0 Å². The number of fused-ring (bicyclic) bond motifs is 28. The van der Waals surface area contributed by atoms with Gasteiger partial charge in [-0.15, -0.1) is 45.3 Å². The highest BCUT2D eigenvalue weighted by Gasteiger charge is 2.37. The van der Waals surface area contributed by atoms with E-state index in [-0.39, 0.29) is 0 Å². The van der Waals surface area contributed by atoms with Crippen molar-refractivity contribution in [3.63, 3.8) is 0 Å². The second kappa shape index (κ2) is 17.8. The summed E-state index contributed by atoms with van der Waals surface area (Å²) in [7, 11) is 0. The molecule has 414 valence electrons. The molecule has 8 aromatic heterocycles. The van der Waals surface area contributed by atoms with Gasteiger partial charge in [-0.05, 0) is 72.8 Å². The Morgan fingerprint density at radius 2 is 0.444 bits per heavy atom. The fraction of sp³-hybridized carbons (Fsp3) is 0. The molecule has 0 aliphatic rings. The van der Waals surface area contributed by atoms with Crippen molar-refractivity contribution in [2.45, 2.75) is 0 Å². The number of hydrogen-bond donors (Lipinski definition) is 0. The average molecular weight is 1210 g/mol. The number of nitriles is 2. The maximum atomic E-state index is 13.3. The molecule has 0 bridgehead atoms. The van der Waals surface area contributed by atoms with Gasteiger partial charge in [-0.25, -0.2) is 0 Å². The number of benzene rings is 13. The quantitative estimate of drug-likeness (QED) is 0.176. The summed E-state index contributed by atoms with van der Waals surface area (Å²) >= 11 is 7.17. The molecule has 0 radical (unpaired) electrons. The molecule has 8 heterocycles. The minimum absolute atomic E-state index is 0.379. The third kappa shape index (κ3) is 6.13. The summed E-state index contributed by atoms with van der Waals surface area (Å²) in [6.07, 6.45) is 0. The van der Waals surface area contributed by atoms with Gasteiger partial charge in [0.1, 0.15) is 23.3 Å². The average Bonchev–Trinajstić information content (AvgIpc) is 1.45. The smallest absolute Gasteiger partial charge is 0.104 e. The summed E-state index contributed by atoms with van der Waals surface area (Å²) in [6, 6.07) is 94.3. The molecule has 0 amide bonds. The highest BCUT2D eigenvalue weighted by Crippen LogP contribution is 2.54. The van der Waals surface area contributed by atoms with Gasteiger partial charge in [0.25, 0.3) is 0 Å². The van der Waals surface area contributed by atoms with Gasteiger partial charge in [-0.3, -0.25) is 0 Å². The van der Waals surface area contributed by atoms with Crippen molar-refractivity contribution < 1.29 is 0 Å². The lowest BCUT2D eigenvalue weighted by molar-refractivity contribution is 1.02. The Labute approximate surface area is 526 Å². The van der Waals surface area contributed by atoms with Crippen LogP contribution in [0.3, 0.4) is 0 Å². The van der Waals surface area contributed by atoms with E-state index in [0.717, 1.165) is 155 Å². The Morgan fingerprint density at radius 3 is 0.722 bits per heavy atom. The molecule has 0 aliphatic carbocycles. The second-order valence-electron chi connectivity index (χ2n) is 23.5. The Bertz CT molecular complexity index is 6720. The van der Waals surface area contributed by atoms with E-state index in [9.17, 15) is 10.5 Å². The largest absolute Gasteiger partial charge is 0.306 e. The molecular weight excluding hydrogens is 1170 g/mol. The topological polar surface area (TPSA) is 67.3 Å². The zero-order valence-electron chi connectivity index (χ0n) is 47.4. The van der Waals surface area contributed by atoms with Crippen LogP contribution < -0.4 is 0 Å². The number of para-hydroxylation sites is 4. The minimum Gasteiger partial charge on any atom is -0.306 e. The first-order valence-electron chi connectivity index (χ1n) is 30.0. The van der Waals surface area contributed by atoms with E-state index in [0.29, 0.717) is 28.2 Å². The normalized spacial score (nSPS) is 12.4.